The van der Waals surface area contributed by atoms with Gasteiger partial charge in [0.2, 0.25) is 0 Å². The van der Waals surface area contributed by atoms with E-state index in [0.717, 1.165) is 6.07 Å². The van der Waals surface area contributed by atoms with Gasteiger partial charge in [-0.05, 0) is 24.3 Å². The zero-order valence-electron chi connectivity index (χ0n) is 10.3. The number of halogens is 2. The van der Waals surface area contributed by atoms with Crippen LogP contribution < -0.4 is 5.32 Å². The van der Waals surface area contributed by atoms with Crippen molar-refractivity contribution in [2.45, 2.75) is 0 Å². The number of nitro groups is 1. The number of carbonyl (C=O) groups is 1. The Labute approximate surface area is 129 Å². The third-order valence-corrected chi connectivity index (χ3v) is 3.29. The lowest BCUT2D eigenvalue weighted by atomic mass is 10.1. The van der Waals surface area contributed by atoms with E-state index in [9.17, 15) is 14.9 Å². The van der Waals surface area contributed by atoms with E-state index in [1.54, 1.807) is 18.2 Å². The molecule has 0 aliphatic heterocycles. The molecule has 108 valence electrons. The summed E-state index contributed by atoms with van der Waals surface area (Å²) in [5.74, 6) is -1.25. The number of nitro benzene ring substituents is 1. The Bertz CT molecular complexity index is 714. The lowest BCUT2D eigenvalue weighted by molar-refractivity contribution is -0.383. The summed E-state index contributed by atoms with van der Waals surface area (Å²) in [4.78, 5) is 21.3. The van der Waals surface area contributed by atoms with Crippen LogP contribution in [0.25, 0.3) is 0 Å². The highest BCUT2D eigenvalue weighted by Gasteiger charge is 2.18. The molecule has 0 spiro atoms. The summed E-state index contributed by atoms with van der Waals surface area (Å²) in [5, 5.41) is 23.3. The molecule has 0 heterocycles. The zero-order valence-corrected chi connectivity index (χ0v) is 11.9. The quantitative estimate of drug-likeness (QED) is 0.643. The highest BCUT2D eigenvalue weighted by atomic mass is 35.5. The van der Waals surface area contributed by atoms with Crippen LogP contribution in [-0.4, -0.2) is 16.0 Å². The molecule has 8 heteroatoms. The van der Waals surface area contributed by atoms with Crippen molar-refractivity contribution in [2.75, 3.05) is 5.32 Å². The zero-order chi connectivity index (χ0) is 15.6. The Morgan fingerprint density at radius 3 is 2.33 bits per heavy atom. The van der Waals surface area contributed by atoms with Crippen LogP contribution in [0.1, 0.15) is 10.4 Å². The van der Waals surface area contributed by atoms with E-state index in [4.69, 9.17) is 28.3 Å². The summed E-state index contributed by atoms with van der Waals surface area (Å²) in [6.07, 6.45) is 0. The Morgan fingerprint density at radius 2 is 1.81 bits per heavy atom. The van der Waals surface area contributed by atoms with Gasteiger partial charge in [0, 0.05) is 6.07 Å². The van der Waals surface area contributed by atoms with E-state index in [1.165, 1.54) is 12.1 Å². The minimum Gasteiger partial charge on any atom is -0.478 e. The van der Waals surface area contributed by atoms with E-state index in [0.29, 0.717) is 15.7 Å². The molecule has 0 bridgehead atoms. The molecule has 0 radical (unpaired) electrons. The molecule has 0 fully saturated rings. The first kappa shape index (κ1) is 15.1. The highest BCUT2D eigenvalue weighted by Crippen LogP contribution is 2.36. The van der Waals surface area contributed by atoms with Gasteiger partial charge in [-0.1, -0.05) is 29.3 Å². The van der Waals surface area contributed by atoms with Crippen LogP contribution >= 0.6 is 23.2 Å². The van der Waals surface area contributed by atoms with Gasteiger partial charge in [0.05, 0.1) is 26.2 Å². The van der Waals surface area contributed by atoms with Crippen molar-refractivity contribution >= 4 is 46.2 Å². The fourth-order valence-corrected chi connectivity index (χ4v) is 2.17. The molecule has 2 aromatic rings. The van der Waals surface area contributed by atoms with Crippen molar-refractivity contribution in [3.05, 3.63) is 62.1 Å². The third kappa shape index (κ3) is 3.24. The molecular formula is C13H8Cl2N2O4. The van der Waals surface area contributed by atoms with Crippen molar-refractivity contribution in [2.24, 2.45) is 0 Å². The van der Waals surface area contributed by atoms with Crippen LogP contribution in [0.15, 0.2) is 36.4 Å². The topological polar surface area (TPSA) is 92.5 Å². The number of carboxylic acid groups (broad SMARTS) is 1. The number of carboxylic acids is 1. The van der Waals surface area contributed by atoms with Gasteiger partial charge in [-0.25, -0.2) is 4.79 Å². The molecule has 0 atom stereocenters. The summed E-state index contributed by atoms with van der Waals surface area (Å²) in [6, 6.07) is 8.30. The number of aromatic carboxylic acids is 1. The molecule has 0 amide bonds. The Morgan fingerprint density at radius 1 is 1.19 bits per heavy atom. The Kier molecular flexibility index (Phi) is 4.30. The lowest BCUT2D eigenvalue weighted by Crippen LogP contribution is -2.02. The van der Waals surface area contributed by atoms with E-state index in [-0.39, 0.29) is 16.9 Å². The molecule has 2 aromatic carbocycles. The van der Waals surface area contributed by atoms with Crippen molar-refractivity contribution in [3.8, 4) is 0 Å². The van der Waals surface area contributed by atoms with Gasteiger partial charge in [0.15, 0.2) is 0 Å². The van der Waals surface area contributed by atoms with E-state index >= 15 is 0 Å². The van der Waals surface area contributed by atoms with Gasteiger partial charge < -0.3 is 10.4 Å². The van der Waals surface area contributed by atoms with Crippen molar-refractivity contribution < 1.29 is 14.8 Å². The first-order chi connectivity index (χ1) is 9.90. The highest BCUT2D eigenvalue weighted by molar-refractivity contribution is 6.39. The van der Waals surface area contributed by atoms with Gasteiger partial charge in [-0.3, -0.25) is 10.1 Å². The van der Waals surface area contributed by atoms with Gasteiger partial charge in [0.25, 0.3) is 5.69 Å². The van der Waals surface area contributed by atoms with Crippen LogP contribution in [0.2, 0.25) is 10.0 Å². The summed E-state index contributed by atoms with van der Waals surface area (Å²) in [7, 11) is 0. The minimum atomic E-state index is -1.25. The normalized spacial score (nSPS) is 10.2. The van der Waals surface area contributed by atoms with Crippen LogP contribution in [-0.2, 0) is 0 Å². The number of nitrogens with one attached hydrogen (secondary N) is 1. The number of hydrogen-bond acceptors (Lipinski definition) is 4. The molecule has 0 saturated carbocycles. The molecule has 0 unspecified atom stereocenters. The number of benzene rings is 2. The summed E-state index contributed by atoms with van der Waals surface area (Å²) >= 11 is 12.0. The number of para-hydroxylation sites is 1. The van der Waals surface area contributed by atoms with Gasteiger partial charge >= 0.3 is 5.97 Å². The largest absolute Gasteiger partial charge is 0.478 e. The molecular weight excluding hydrogens is 319 g/mol. The molecule has 0 aliphatic rings. The minimum absolute atomic E-state index is 0.0972. The monoisotopic (exact) mass is 326 g/mol. The molecule has 0 aliphatic carbocycles. The van der Waals surface area contributed by atoms with Gasteiger partial charge in [-0.15, -0.1) is 0 Å². The Hall–Kier alpha value is -2.31. The van der Waals surface area contributed by atoms with Crippen LogP contribution in [0.4, 0.5) is 17.1 Å². The van der Waals surface area contributed by atoms with Crippen LogP contribution in [0, 0.1) is 10.1 Å². The summed E-state index contributed by atoms with van der Waals surface area (Å²) in [5.41, 5.74) is -0.157. The van der Waals surface area contributed by atoms with Crippen molar-refractivity contribution in [3.63, 3.8) is 0 Å². The fraction of sp³-hybridized carbons (Fsp3) is 0. The molecule has 2 N–H and O–H groups in total. The maximum Gasteiger partial charge on any atom is 0.335 e. The predicted octanol–water partition coefficient (Wildman–Crippen LogP) is 4.34. The fourth-order valence-electron chi connectivity index (χ4n) is 1.67. The first-order valence-corrected chi connectivity index (χ1v) is 6.38. The molecule has 0 aromatic heterocycles. The Balaban J connectivity index is 2.49. The standard InChI is InChI=1S/C13H8Cl2N2O4/c14-8-2-1-3-9(15)12(8)16-10-5-4-7(13(18)19)6-11(10)17(20)21/h1-6,16H,(H,18,19). The summed E-state index contributed by atoms with van der Waals surface area (Å²) in [6.45, 7) is 0. The smallest absolute Gasteiger partial charge is 0.335 e. The van der Waals surface area contributed by atoms with E-state index in [2.05, 4.69) is 5.32 Å². The third-order valence-electron chi connectivity index (χ3n) is 2.66. The van der Waals surface area contributed by atoms with Crippen LogP contribution in [0.5, 0.6) is 0 Å². The van der Waals surface area contributed by atoms with E-state index < -0.39 is 10.9 Å². The molecule has 0 saturated heterocycles. The first-order valence-electron chi connectivity index (χ1n) is 5.63. The summed E-state index contributed by atoms with van der Waals surface area (Å²) < 4.78 is 0. The van der Waals surface area contributed by atoms with Crippen LogP contribution in [0.3, 0.4) is 0 Å². The molecule has 21 heavy (non-hydrogen) atoms. The number of hydrogen-bond donors (Lipinski definition) is 2. The number of rotatable bonds is 4. The second-order valence-electron chi connectivity index (χ2n) is 4.02. The lowest BCUT2D eigenvalue weighted by Gasteiger charge is -2.11. The van der Waals surface area contributed by atoms with Gasteiger partial charge in [0.1, 0.15) is 5.69 Å². The molecule has 2 rings (SSSR count). The number of anilines is 2. The van der Waals surface area contributed by atoms with Crippen molar-refractivity contribution in [1.29, 1.82) is 0 Å². The van der Waals surface area contributed by atoms with Crippen molar-refractivity contribution in [1.82, 2.24) is 0 Å². The maximum atomic E-state index is 11.1. The predicted molar refractivity (Wildman–Crippen MR) is 79.8 cm³/mol. The second-order valence-corrected chi connectivity index (χ2v) is 4.83. The number of nitrogens with zero attached hydrogens (tertiary/aromatic N) is 1. The van der Waals surface area contributed by atoms with E-state index in [1.807, 2.05) is 0 Å². The second kappa shape index (κ2) is 5.99. The molecule has 6 nitrogen and oxygen atoms in total. The SMILES string of the molecule is O=C(O)c1ccc(Nc2c(Cl)cccc2Cl)c([N+](=O)[O-])c1. The maximum absolute atomic E-state index is 11.1. The average Bonchev–Trinajstić information content (AvgIpc) is 2.42. The average molecular weight is 327 g/mol. The van der Waals surface area contributed by atoms with Gasteiger partial charge in [-0.2, -0.15) is 0 Å².